The van der Waals surface area contributed by atoms with E-state index >= 15 is 0 Å². The third-order valence-electron chi connectivity index (χ3n) is 4.69. The molecule has 3 heterocycles. The minimum absolute atomic E-state index is 0.0649. The Hall–Kier alpha value is -2.02. The van der Waals surface area contributed by atoms with E-state index in [1.807, 2.05) is 23.0 Å². The van der Waals surface area contributed by atoms with Crippen LogP contribution in [0.3, 0.4) is 0 Å². The van der Waals surface area contributed by atoms with E-state index in [4.69, 9.17) is 34.8 Å². The van der Waals surface area contributed by atoms with Crippen LogP contribution in [0, 0.1) is 0 Å². The lowest BCUT2D eigenvalue weighted by atomic mass is 10.0. The maximum absolute atomic E-state index is 12.3. The van der Waals surface area contributed by atoms with Crippen molar-refractivity contribution in [2.24, 2.45) is 0 Å². The van der Waals surface area contributed by atoms with Crippen LogP contribution in [0.2, 0.25) is 15.1 Å². The minimum Gasteiger partial charge on any atom is -0.368 e. The molecule has 0 aliphatic carbocycles. The zero-order chi connectivity index (χ0) is 19.0. The quantitative estimate of drug-likeness (QED) is 0.631. The highest BCUT2D eigenvalue weighted by molar-refractivity contribution is 6.41. The Morgan fingerprint density at radius 3 is 2.70 bits per heavy atom. The fraction of sp³-hybridized carbons (Fsp3) is 0.278. The van der Waals surface area contributed by atoms with Gasteiger partial charge in [-0.1, -0.05) is 34.8 Å². The molecule has 0 spiro atoms. The van der Waals surface area contributed by atoms with Gasteiger partial charge in [0.25, 0.3) is 5.56 Å². The molecule has 3 aromatic rings. The molecule has 1 fully saturated rings. The van der Waals surface area contributed by atoms with E-state index in [1.165, 1.54) is 10.9 Å². The third-order valence-corrected chi connectivity index (χ3v) is 5.74. The first-order valence-corrected chi connectivity index (χ1v) is 9.65. The molecule has 0 N–H and O–H groups in total. The summed E-state index contributed by atoms with van der Waals surface area (Å²) in [4.78, 5) is 14.5. The smallest absolute Gasteiger partial charge is 0.291 e. The third kappa shape index (κ3) is 3.57. The monoisotopic (exact) mass is 423 g/mol. The molecule has 2 aromatic heterocycles. The topological polar surface area (TPSA) is 56.0 Å². The summed E-state index contributed by atoms with van der Waals surface area (Å²) in [6, 6.07) is 7.66. The number of piperidine rings is 1. The fourth-order valence-electron chi connectivity index (χ4n) is 3.37. The first kappa shape index (κ1) is 18.3. The summed E-state index contributed by atoms with van der Waals surface area (Å²) in [5, 5.41) is 9.01. The summed E-state index contributed by atoms with van der Waals surface area (Å²) in [6.45, 7) is 1.74. The zero-order valence-electron chi connectivity index (χ0n) is 14.2. The van der Waals surface area contributed by atoms with Gasteiger partial charge in [0.2, 0.25) is 0 Å². The molecule has 1 unspecified atom stereocenters. The van der Waals surface area contributed by atoms with Gasteiger partial charge in [-0.25, -0.2) is 0 Å². The summed E-state index contributed by atoms with van der Waals surface area (Å²) in [5.74, 6) is 0. The van der Waals surface area contributed by atoms with Gasteiger partial charge in [0, 0.05) is 25.5 Å². The van der Waals surface area contributed by atoms with Gasteiger partial charge in [0.05, 0.1) is 33.7 Å². The number of hydrogen-bond donors (Lipinski definition) is 0. The Labute approximate surface area is 170 Å². The molecule has 0 radical (unpaired) electrons. The van der Waals surface area contributed by atoms with E-state index in [0.29, 0.717) is 16.8 Å². The van der Waals surface area contributed by atoms with Gasteiger partial charge in [0.15, 0.2) is 0 Å². The maximum atomic E-state index is 12.3. The second kappa shape index (κ2) is 7.54. The number of nitrogens with zero attached hydrogens (tertiary/aromatic N) is 5. The Morgan fingerprint density at radius 2 is 1.96 bits per heavy atom. The molecule has 4 rings (SSSR count). The number of anilines is 1. The summed E-state index contributed by atoms with van der Waals surface area (Å²) in [7, 11) is 0. The van der Waals surface area contributed by atoms with Crippen LogP contribution in [0.4, 0.5) is 5.69 Å². The van der Waals surface area contributed by atoms with Crippen LogP contribution in [0.25, 0.3) is 5.69 Å². The maximum Gasteiger partial charge on any atom is 0.291 e. The molecular weight excluding hydrogens is 409 g/mol. The van der Waals surface area contributed by atoms with E-state index in [2.05, 4.69) is 15.1 Å². The molecule has 0 bridgehead atoms. The predicted octanol–water partition coefficient (Wildman–Crippen LogP) is 4.23. The number of halogens is 3. The minimum atomic E-state index is -0.482. The molecule has 1 aliphatic rings. The van der Waals surface area contributed by atoms with E-state index in [-0.39, 0.29) is 10.0 Å². The van der Waals surface area contributed by atoms with Crippen molar-refractivity contribution in [3.05, 3.63) is 68.3 Å². The lowest BCUT2D eigenvalue weighted by molar-refractivity contribution is 0.376. The largest absolute Gasteiger partial charge is 0.368 e. The molecule has 140 valence electrons. The van der Waals surface area contributed by atoms with Crippen molar-refractivity contribution >= 4 is 40.5 Å². The van der Waals surface area contributed by atoms with Gasteiger partial charge in [0.1, 0.15) is 5.02 Å². The van der Waals surface area contributed by atoms with Gasteiger partial charge in [-0.2, -0.15) is 14.9 Å². The molecule has 1 saturated heterocycles. The van der Waals surface area contributed by atoms with Gasteiger partial charge in [-0.15, -0.1) is 0 Å². The van der Waals surface area contributed by atoms with Crippen molar-refractivity contribution in [1.29, 1.82) is 0 Å². The predicted molar refractivity (Wildman–Crippen MR) is 108 cm³/mol. The van der Waals surface area contributed by atoms with Crippen LogP contribution >= 0.6 is 34.8 Å². The standard InChI is InChI=1S/C18H16Cl3N5O/c19-14-9-12(26-18(27)17(21)15(20)10-23-26)4-5-16(14)24-7-1-3-13(11-24)25-8-2-6-22-25/h2,4-6,8-10,13H,1,3,7,11H2. The molecule has 9 heteroatoms. The van der Waals surface area contributed by atoms with Crippen LogP contribution in [-0.2, 0) is 0 Å². The van der Waals surface area contributed by atoms with Gasteiger partial charge in [-0.05, 0) is 37.1 Å². The van der Waals surface area contributed by atoms with E-state index in [9.17, 15) is 4.79 Å². The Balaban J connectivity index is 1.62. The summed E-state index contributed by atoms with van der Waals surface area (Å²) >= 11 is 18.3. The average Bonchev–Trinajstić information content (AvgIpc) is 3.21. The second-order valence-corrected chi connectivity index (χ2v) is 7.58. The molecule has 27 heavy (non-hydrogen) atoms. The van der Waals surface area contributed by atoms with E-state index in [1.54, 1.807) is 18.3 Å². The van der Waals surface area contributed by atoms with Crippen molar-refractivity contribution in [3.8, 4) is 5.69 Å². The highest BCUT2D eigenvalue weighted by Gasteiger charge is 2.23. The Bertz CT molecular complexity index is 1020. The molecule has 0 saturated carbocycles. The summed E-state index contributed by atoms with van der Waals surface area (Å²) < 4.78 is 3.18. The molecule has 1 aliphatic heterocycles. The van der Waals surface area contributed by atoms with Crippen molar-refractivity contribution in [3.63, 3.8) is 0 Å². The van der Waals surface area contributed by atoms with Crippen LogP contribution in [-0.4, -0.2) is 32.7 Å². The van der Waals surface area contributed by atoms with Crippen molar-refractivity contribution in [2.45, 2.75) is 18.9 Å². The van der Waals surface area contributed by atoms with E-state index < -0.39 is 5.56 Å². The molecular formula is C18H16Cl3N5O. The Morgan fingerprint density at radius 1 is 1.11 bits per heavy atom. The fourth-order valence-corrected chi connectivity index (χ4v) is 3.91. The lowest BCUT2D eigenvalue weighted by Crippen LogP contribution is -2.37. The SMILES string of the molecule is O=c1c(Cl)c(Cl)cnn1-c1ccc(N2CCCC(n3cccn3)C2)c(Cl)c1. The van der Waals surface area contributed by atoms with Crippen LogP contribution in [0.5, 0.6) is 0 Å². The Kier molecular flexibility index (Phi) is 5.12. The first-order chi connectivity index (χ1) is 13.0. The zero-order valence-corrected chi connectivity index (χ0v) is 16.5. The summed E-state index contributed by atoms with van der Waals surface area (Å²) in [6.07, 6.45) is 7.25. The van der Waals surface area contributed by atoms with Crippen LogP contribution in [0.1, 0.15) is 18.9 Å². The van der Waals surface area contributed by atoms with Gasteiger partial charge >= 0.3 is 0 Å². The number of aromatic nitrogens is 4. The molecule has 6 nitrogen and oxygen atoms in total. The first-order valence-electron chi connectivity index (χ1n) is 8.52. The highest BCUT2D eigenvalue weighted by atomic mass is 35.5. The van der Waals surface area contributed by atoms with E-state index in [0.717, 1.165) is 31.6 Å². The lowest BCUT2D eigenvalue weighted by Gasteiger charge is -2.35. The van der Waals surface area contributed by atoms with Crippen molar-refractivity contribution in [1.82, 2.24) is 19.6 Å². The average molecular weight is 425 g/mol. The van der Waals surface area contributed by atoms with Crippen molar-refractivity contribution in [2.75, 3.05) is 18.0 Å². The van der Waals surface area contributed by atoms with Crippen molar-refractivity contribution < 1.29 is 0 Å². The van der Waals surface area contributed by atoms with Gasteiger partial charge in [-0.3, -0.25) is 9.48 Å². The molecule has 1 aromatic carbocycles. The second-order valence-electron chi connectivity index (χ2n) is 6.39. The highest BCUT2D eigenvalue weighted by Crippen LogP contribution is 2.32. The number of benzene rings is 1. The molecule has 0 amide bonds. The number of hydrogen-bond acceptors (Lipinski definition) is 4. The van der Waals surface area contributed by atoms with Crippen LogP contribution in [0.15, 0.2) is 47.7 Å². The van der Waals surface area contributed by atoms with Crippen LogP contribution < -0.4 is 10.5 Å². The normalized spacial score (nSPS) is 17.3. The number of rotatable bonds is 3. The van der Waals surface area contributed by atoms with Gasteiger partial charge < -0.3 is 4.90 Å². The summed E-state index contributed by atoms with van der Waals surface area (Å²) in [5.41, 5.74) is 0.975. The molecule has 1 atom stereocenters.